The second kappa shape index (κ2) is 7.79. The normalized spacial score (nSPS) is 10.5. The van der Waals surface area contributed by atoms with Gasteiger partial charge in [-0.05, 0) is 18.6 Å². The van der Waals surface area contributed by atoms with E-state index in [1.54, 1.807) is 12.5 Å². The van der Waals surface area contributed by atoms with Crippen molar-refractivity contribution in [3.63, 3.8) is 0 Å². The number of nitrogens with zero attached hydrogens (tertiary/aromatic N) is 2. The molecule has 3 aromatic rings. The molecule has 0 fully saturated rings. The van der Waals surface area contributed by atoms with Gasteiger partial charge in [0, 0.05) is 30.4 Å². The van der Waals surface area contributed by atoms with Gasteiger partial charge >= 0.3 is 0 Å². The highest BCUT2D eigenvalue weighted by atomic mass is 32.1. The molecule has 0 aliphatic carbocycles. The third-order valence-corrected chi connectivity index (χ3v) is 4.64. The van der Waals surface area contributed by atoms with Gasteiger partial charge in [-0.1, -0.05) is 30.3 Å². The molecule has 0 bridgehead atoms. The number of thiophene rings is 1. The van der Waals surface area contributed by atoms with Crippen molar-refractivity contribution >= 4 is 17.2 Å². The Morgan fingerprint density at radius 1 is 1.33 bits per heavy atom. The lowest BCUT2D eigenvalue weighted by molar-refractivity contribution is 0.0953. The Bertz CT molecular complexity index is 782. The fourth-order valence-electron chi connectivity index (χ4n) is 2.34. The SMILES string of the molecule is CCOc1cc(-c2ccccc2)sc1C(=O)NCCn1ccnc1. The fourth-order valence-corrected chi connectivity index (χ4v) is 3.36. The lowest BCUT2D eigenvalue weighted by Gasteiger charge is -2.06. The number of rotatable bonds is 7. The molecule has 2 heterocycles. The van der Waals surface area contributed by atoms with Gasteiger partial charge in [0.15, 0.2) is 0 Å². The molecule has 124 valence electrons. The third kappa shape index (κ3) is 3.83. The van der Waals surface area contributed by atoms with E-state index >= 15 is 0 Å². The summed E-state index contributed by atoms with van der Waals surface area (Å²) in [5.74, 6) is 0.534. The smallest absolute Gasteiger partial charge is 0.265 e. The lowest BCUT2D eigenvalue weighted by Crippen LogP contribution is -2.26. The number of carbonyl (C=O) groups is 1. The molecule has 0 aliphatic heterocycles. The predicted molar refractivity (Wildman–Crippen MR) is 95.5 cm³/mol. The van der Waals surface area contributed by atoms with Crippen LogP contribution in [0.4, 0.5) is 0 Å². The third-order valence-electron chi connectivity index (χ3n) is 3.48. The van der Waals surface area contributed by atoms with Gasteiger partial charge in [-0.2, -0.15) is 0 Å². The maximum atomic E-state index is 12.5. The van der Waals surface area contributed by atoms with Crippen molar-refractivity contribution < 1.29 is 9.53 Å². The highest BCUT2D eigenvalue weighted by Gasteiger charge is 2.18. The molecular weight excluding hydrogens is 322 g/mol. The number of benzene rings is 1. The first-order chi connectivity index (χ1) is 11.8. The summed E-state index contributed by atoms with van der Waals surface area (Å²) in [6.07, 6.45) is 5.33. The number of nitrogens with one attached hydrogen (secondary N) is 1. The number of hydrogen-bond acceptors (Lipinski definition) is 4. The van der Waals surface area contributed by atoms with Crippen molar-refractivity contribution in [3.8, 4) is 16.2 Å². The largest absolute Gasteiger partial charge is 0.492 e. The van der Waals surface area contributed by atoms with E-state index in [2.05, 4.69) is 10.3 Å². The number of amides is 1. The van der Waals surface area contributed by atoms with Crippen LogP contribution in [0.2, 0.25) is 0 Å². The molecule has 0 saturated carbocycles. The summed E-state index contributed by atoms with van der Waals surface area (Å²) in [6.45, 7) is 3.67. The Labute approximate surface area is 144 Å². The van der Waals surface area contributed by atoms with Crippen molar-refractivity contribution in [2.45, 2.75) is 13.5 Å². The van der Waals surface area contributed by atoms with Gasteiger partial charge in [-0.25, -0.2) is 4.98 Å². The highest BCUT2D eigenvalue weighted by Crippen LogP contribution is 2.36. The molecule has 1 aromatic carbocycles. The van der Waals surface area contributed by atoms with Gasteiger partial charge in [-0.3, -0.25) is 4.79 Å². The molecule has 6 heteroatoms. The van der Waals surface area contributed by atoms with Gasteiger partial charge in [0.2, 0.25) is 0 Å². The second-order valence-corrected chi connectivity index (χ2v) is 6.21. The van der Waals surface area contributed by atoms with Crippen LogP contribution in [0.3, 0.4) is 0 Å². The number of ether oxygens (including phenoxy) is 1. The Balaban J connectivity index is 1.73. The van der Waals surface area contributed by atoms with Crippen LogP contribution in [-0.4, -0.2) is 28.6 Å². The van der Waals surface area contributed by atoms with Crippen molar-refractivity contribution in [1.29, 1.82) is 0 Å². The van der Waals surface area contributed by atoms with E-state index in [-0.39, 0.29) is 5.91 Å². The maximum Gasteiger partial charge on any atom is 0.265 e. The first kappa shape index (κ1) is 16.3. The average molecular weight is 341 g/mol. The van der Waals surface area contributed by atoms with Gasteiger partial charge in [0.25, 0.3) is 5.91 Å². The topological polar surface area (TPSA) is 56.1 Å². The first-order valence-corrected chi connectivity index (χ1v) is 8.65. The number of aromatic nitrogens is 2. The van der Waals surface area contributed by atoms with Crippen LogP contribution in [0.1, 0.15) is 16.6 Å². The van der Waals surface area contributed by atoms with E-state index in [1.165, 1.54) is 11.3 Å². The van der Waals surface area contributed by atoms with Crippen molar-refractivity contribution in [3.05, 3.63) is 60.0 Å². The van der Waals surface area contributed by atoms with Gasteiger partial charge < -0.3 is 14.6 Å². The molecule has 1 amide bonds. The molecule has 2 aromatic heterocycles. The Kier molecular flexibility index (Phi) is 5.28. The molecule has 1 N–H and O–H groups in total. The fraction of sp³-hybridized carbons (Fsp3) is 0.222. The summed E-state index contributed by atoms with van der Waals surface area (Å²) in [5, 5.41) is 2.94. The van der Waals surface area contributed by atoms with Gasteiger partial charge in [0.05, 0.1) is 12.9 Å². The molecule has 5 nitrogen and oxygen atoms in total. The Hall–Kier alpha value is -2.60. The summed E-state index contributed by atoms with van der Waals surface area (Å²) < 4.78 is 7.57. The first-order valence-electron chi connectivity index (χ1n) is 7.84. The molecule has 0 spiro atoms. The van der Waals surface area contributed by atoms with E-state index in [0.29, 0.717) is 30.3 Å². The van der Waals surface area contributed by atoms with Crippen molar-refractivity contribution in [2.75, 3.05) is 13.2 Å². The zero-order valence-electron chi connectivity index (χ0n) is 13.4. The van der Waals surface area contributed by atoms with Crippen LogP contribution in [0.5, 0.6) is 5.75 Å². The Morgan fingerprint density at radius 3 is 2.88 bits per heavy atom. The van der Waals surface area contributed by atoms with Crippen LogP contribution in [0.15, 0.2) is 55.1 Å². The molecule has 0 radical (unpaired) electrons. The minimum Gasteiger partial charge on any atom is -0.492 e. The molecule has 24 heavy (non-hydrogen) atoms. The molecule has 0 saturated heterocycles. The number of carbonyl (C=O) groups excluding carboxylic acids is 1. The van der Waals surface area contributed by atoms with Crippen LogP contribution in [0, 0.1) is 0 Å². The van der Waals surface area contributed by atoms with Gasteiger partial charge in [-0.15, -0.1) is 11.3 Å². The second-order valence-electron chi connectivity index (χ2n) is 5.16. The minimum atomic E-state index is -0.106. The highest BCUT2D eigenvalue weighted by molar-refractivity contribution is 7.17. The summed E-state index contributed by atoms with van der Waals surface area (Å²) in [7, 11) is 0. The molecule has 0 atom stereocenters. The van der Waals surface area contributed by atoms with E-state index in [4.69, 9.17) is 4.74 Å². The Morgan fingerprint density at radius 2 is 2.17 bits per heavy atom. The zero-order chi connectivity index (χ0) is 16.8. The average Bonchev–Trinajstić information content (AvgIpc) is 3.26. The van der Waals surface area contributed by atoms with Gasteiger partial charge in [0.1, 0.15) is 10.6 Å². The van der Waals surface area contributed by atoms with Crippen LogP contribution in [-0.2, 0) is 6.54 Å². The summed E-state index contributed by atoms with van der Waals surface area (Å²) >= 11 is 1.45. The molecular formula is C18H19N3O2S. The molecule has 0 aliphatic rings. The van der Waals surface area contributed by atoms with Crippen LogP contribution >= 0.6 is 11.3 Å². The molecule has 0 unspecified atom stereocenters. The summed E-state index contributed by atoms with van der Waals surface area (Å²) in [5.41, 5.74) is 1.08. The number of hydrogen-bond donors (Lipinski definition) is 1. The predicted octanol–water partition coefficient (Wildman–Crippen LogP) is 3.44. The van der Waals surface area contributed by atoms with E-state index in [9.17, 15) is 4.79 Å². The minimum absolute atomic E-state index is 0.106. The van der Waals surface area contributed by atoms with E-state index in [1.807, 2.05) is 54.1 Å². The van der Waals surface area contributed by atoms with Crippen LogP contribution in [0.25, 0.3) is 10.4 Å². The van der Waals surface area contributed by atoms with Crippen molar-refractivity contribution in [1.82, 2.24) is 14.9 Å². The summed E-state index contributed by atoms with van der Waals surface area (Å²) in [4.78, 5) is 18.1. The van der Waals surface area contributed by atoms with E-state index in [0.717, 1.165) is 10.4 Å². The lowest BCUT2D eigenvalue weighted by atomic mass is 10.2. The monoisotopic (exact) mass is 341 g/mol. The van der Waals surface area contributed by atoms with Crippen LogP contribution < -0.4 is 10.1 Å². The van der Waals surface area contributed by atoms with Crippen molar-refractivity contribution in [2.24, 2.45) is 0 Å². The quantitative estimate of drug-likeness (QED) is 0.716. The molecule has 3 rings (SSSR count). The maximum absolute atomic E-state index is 12.5. The standard InChI is InChI=1S/C18H19N3O2S/c1-2-23-15-12-16(14-6-4-3-5-7-14)24-17(15)18(22)20-9-11-21-10-8-19-13-21/h3-8,10,12-13H,2,9,11H2,1H3,(H,20,22). The summed E-state index contributed by atoms with van der Waals surface area (Å²) in [6, 6.07) is 11.9. The van der Waals surface area contributed by atoms with E-state index < -0.39 is 0 Å². The zero-order valence-corrected chi connectivity index (χ0v) is 14.3. The number of imidazole rings is 1.